The van der Waals surface area contributed by atoms with Crippen LogP contribution in [-0.4, -0.2) is 39.8 Å². The minimum Gasteiger partial charge on any atom is -0.598 e. The molecule has 10 heteroatoms. The second-order valence-electron chi connectivity index (χ2n) is 8.96. The number of aromatic nitrogens is 2. The number of aryl methyl sites for hydroxylation is 1. The highest BCUT2D eigenvalue weighted by molar-refractivity contribution is 7.90. The summed E-state index contributed by atoms with van der Waals surface area (Å²) in [5.41, 5.74) is 2.75. The Morgan fingerprint density at radius 2 is 1.84 bits per heavy atom. The molecule has 8 nitrogen and oxygen atoms in total. The first-order valence-electron chi connectivity index (χ1n) is 12.2. The highest BCUT2D eigenvalue weighted by Gasteiger charge is 2.23. The van der Waals surface area contributed by atoms with Crippen molar-refractivity contribution in [3.63, 3.8) is 0 Å². The van der Waals surface area contributed by atoms with E-state index in [0.29, 0.717) is 39.1 Å². The standard InChI is InChI=1S/C27H33N3O5S2/c1-5-7-14-36(33)29-19(3)23-16-26(31)30(4)17-25(23)24-15-20(18-37(34,35)6-2)8-9-22(24)27(32)21-10-12-28-13-11-21/h8-13,15-17,19,29H,5-7,14,18H2,1-4H3/t19-,36?/m0/s1. The lowest BCUT2D eigenvalue weighted by atomic mass is 9.90. The molecule has 1 N–H and O–H groups in total. The zero-order valence-corrected chi connectivity index (χ0v) is 23.2. The van der Waals surface area contributed by atoms with E-state index in [0.717, 1.165) is 12.8 Å². The number of ketones is 1. The van der Waals surface area contributed by atoms with Gasteiger partial charge < -0.3 is 9.12 Å². The fraction of sp³-hybridized carbons (Fsp3) is 0.370. The monoisotopic (exact) mass is 543 g/mol. The van der Waals surface area contributed by atoms with Gasteiger partial charge in [-0.15, -0.1) is 4.72 Å². The third kappa shape index (κ3) is 7.38. The number of nitrogens with zero attached hydrogens (tertiary/aromatic N) is 2. The number of unbranched alkanes of at least 4 members (excludes halogenated alkanes) is 1. The summed E-state index contributed by atoms with van der Waals surface area (Å²) in [5.74, 6) is 0.0532. The largest absolute Gasteiger partial charge is 0.598 e. The van der Waals surface area contributed by atoms with Gasteiger partial charge in [0.05, 0.1) is 11.8 Å². The fourth-order valence-electron chi connectivity index (χ4n) is 3.94. The number of carbonyl (C=O) groups excluding carboxylic acids is 1. The van der Waals surface area contributed by atoms with Gasteiger partial charge in [0.2, 0.25) is 0 Å². The predicted octanol–water partition coefficient (Wildman–Crippen LogP) is 3.73. The van der Waals surface area contributed by atoms with Crippen LogP contribution >= 0.6 is 0 Å². The van der Waals surface area contributed by atoms with E-state index in [1.807, 2.05) is 13.8 Å². The Balaban J connectivity index is 2.20. The quantitative estimate of drug-likeness (QED) is 0.273. The molecule has 1 aromatic carbocycles. The molecule has 1 unspecified atom stereocenters. The van der Waals surface area contributed by atoms with Crippen molar-refractivity contribution in [2.24, 2.45) is 7.05 Å². The molecule has 3 aromatic rings. The van der Waals surface area contributed by atoms with Crippen molar-refractivity contribution in [1.82, 2.24) is 14.3 Å². The molecule has 2 heterocycles. The van der Waals surface area contributed by atoms with E-state index in [4.69, 9.17) is 0 Å². The first-order valence-corrected chi connectivity index (χ1v) is 15.3. The molecular weight excluding hydrogens is 510 g/mol. The molecular formula is C27H33N3O5S2. The Kier molecular flexibility index (Phi) is 9.83. The van der Waals surface area contributed by atoms with Crippen molar-refractivity contribution in [1.29, 1.82) is 0 Å². The van der Waals surface area contributed by atoms with Gasteiger partial charge in [-0.2, -0.15) is 0 Å². The van der Waals surface area contributed by atoms with Crippen LogP contribution in [0, 0.1) is 0 Å². The molecule has 0 fully saturated rings. The minimum absolute atomic E-state index is 0.00432. The molecule has 0 radical (unpaired) electrons. The molecule has 0 saturated heterocycles. The van der Waals surface area contributed by atoms with Crippen molar-refractivity contribution < 1.29 is 17.8 Å². The van der Waals surface area contributed by atoms with Gasteiger partial charge in [-0.25, -0.2) is 8.42 Å². The Bertz CT molecular complexity index is 1410. The molecule has 0 aliphatic heterocycles. The Morgan fingerprint density at radius 3 is 2.49 bits per heavy atom. The summed E-state index contributed by atoms with van der Waals surface area (Å²) in [4.78, 5) is 30.1. The van der Waals surface area contributed by atoms with Crippen molar-refractivity contribution in [2.75, 3.05) is 11.5 Å². The Morgan fingerprint density at radius 1 is 1.14 bits per heavy atom. The maximum absolute atomic E-state index is 13.5. The normalized spacial score (nSPS) is 13.3. The summed E-state index contributed by atoms with van der Waals surface area (Å²) in [6, 6.07) is 9.22. The van der Waals surface area contributed by atoms with E-state index in [9.17, 15) is 22.6 Å². The molecule has 0 spiro atoms. The van der Waals surface area contributed by atoms with E-state index in [2.05, 4.69) is 9.71 Å². The summed E-state index contributed by atoms with van der Waals surface area (Å²) in [6.45, 7) is 5.43. The van der Waals surface area contributed by atoms with Crippen LogP contribution < -0.4 is 10.3 Å². The van der Waals surface area contributed by atoms with Gasteiger partial charge in [0.25, 0.3) is 5.56 Å². The van der Waals surface area contributed by atoms with E-state index in [1.54, 1.807) is 50.5 Å². The maximum Gasteiger partial charge on any atom is 0.250 e. The van der Waals surface area contributed by atoms with E-state index in [-0.39, 0.29) is 22.8 Å². The summed E-state index contributed by atoms with van der Waals surface area (Å²) >= 11 is -1.30. The van der Waals surface area contributed by atoms with Gasteiger partial charge >= 0.3 is 0 Å². The van der Waals surface area contributed by atoms with Gasteiger partial charge in [-0.05, 0) is 48.2 Å². The zero-order chi connectivity index (χ0) is 27.2. The van der Waals surface area contributed by atoms with Crippen LogP contribution in [0.4, 0.5) is 0 Å². The summed E-state index contributed by atoms with van der Waals surface area (Å²) < 4.78 is 41.8. The molecule has 2 atom stereocenters. The molecule has 0 saturated carbocycles. The molecule has 0 aliphatic rings. The maximum atomic E-state index is 13.5. The lowest BCUT2D eigenvalue weighted by Gasteiger charge is -2.21. The summed E-state index contributed by atoms with van der Waals surface area (Å²) in [7, 11) is -1.71. The molecule has 0 aliphatic carbocycles. The van der Waals surface area contributed by atoms with Crippen LogP contribution in [0.3, 0.4) is 0 Å². The smallest absolute Gasteiger partial charge is 0.250 e. The van der Waals surface area contributed by atoms with Crippen LogP contribution in [0.1, 0.15) is 66.7 Å². The molecule has 37 heavy (non-hydrogen) atoms. The number of benzene rings is 1. The average molecular weight is 544 g/mol. The highest BCUT2D eigenvalue weighted by atomic mass is 32.2. The summed E-state index contributed by atoms with van der Waals surface area (Å²) in [6.07, 6.45) is 6.41. The first-order chi connectivity index (χ1) is 17.6. The summed E-state index contributed by atoms with van der Waals surface area (Å²) in [5, 5.41) is 0. The molecule has 2 aromatic heterocycles. The molecule has 0 amide bonds. The number of pyridine rings is 2. The van der Waals surface area contributed by atoms with E-state index < -0.39 is 27.2 Å². The number of carbonyl (C=O) groups is 1. The molecule has 3 rings (SSSR count). The number of hydrogen-bond donors (Lipinski definition) is 1. The number of hydrogen-bond acceptors (Lipinski definition) is 7. The number of rotatable bonds is 12. The van der Waals surface area contributed by atoms with Crippen molar-refractivity contribution in [3.8, 4) is 11.1 Å². The van der Waals surface area contributed by atoms with Crippen molar-refractivity contribution >= 4 is 27.0 Å². The van der Waals surface area contributed by atoms with Crippen LogP contribution in [0.25, 0.3) is 11.1 Å². The van der Waals surface area contributed by atoms with Crippen LogP contribution in [0.5, 0.6) is 0 Å². The van der Waals surface area contributed by atoms with Gasteiger partial charge in [0.15, 0.2) is 15.6 Å². The fourth-order valence-corrected chi connectivity index (χ4v) is 6.02. The lowest BCUT2D eigenvalue weighted by molar-refractivity contribution is 0.103. The Labute approximate surface area is 221 Å². The second kappa shape index (κ2) is 12.6. The first kappa shape index (κ1) is 28.8. The van der Waals surface area contributed by atoms with Gasteiger partial charge in [0.1, 0.15) is 5.75 Å². The van der Waals surface area contributed by atoms with E-state index in [1.165, 1.54) is 23.0 Å². The highest BCUT2D eigenvalue weighted by Crippen LogP contribution is 2.33. The zero-order valence-electron chi connectivity index (χ0n) is 21.6. The second-order valence-corrected chi connectivity index (χ2v) is 12.6. The third-order valence-corrected chi connectivity index (χ3v) is 9.03. The molecule has 0 bridgehead atoms. The number of nitrogens with one attached hydrogen (secondary N) is 1. The van der Waals surface area contributed by atoms with Crippen molar-refractivity contribution in [2.45, 2.75) is 45.4 Å². The molecule has 198 valence electrons. The van der Waals surface area contributed by atoms with Gasteiger partial charge in [0, 0.05) is 65.5 Å². The van der Waals surface area contributed by atoms with Gasteiger partial charge in [-0.1, -0.05) is 32.4 Å². The van der Waals surface area contributed by atoms with Gasteiger partial charge in [-0.3, -0.25) is 14.6 Å². The Hall–Kier alpha value is -2.79. The van der Waals surface area contributed by atoms with Crippen LogP contribution in [0.2, 0.25) is 0 Å². The average Bonchev–Trinajstić information content (AvgIpc) is 2.88. The third-order valence-electron chi connectivity index (χ3n) is 6.11. The number of sulfone groups is 1. The lowest BCUT2D eigenvalue weighted by Crippen LogP contribution is -2.30. The van der Waals surface area contributed by atoms with Crippen molar-refractivity contribution in [3.05, 3.63) is 87.6 Å². The minimum atomic E-state index is -3.32. The topological polar surface area (TPSA) is 121 Å². The predicted molar refractivity (Wildman–Crippen MR) is 147 cm³/mol. The van der Waals surface area contributed by atoms with Crippen LogP contribution in [-0.2, 0) is 34.0 Å². The van der Waals surface area contributed by atoms with Crippen LogP contribution in [0.15, 0.2) is 59.8 Å². The SMILES string of the molecule is CCCC[S+]([O-])N[C@@H](C)c1cc(=O)n(C)cc1-c1cc(CS(=O)(=O)CC)ccc1C(=O)c1ccncc1. The van der Waals surface area contributed by atoms with E-state index >= 15 is 0 Å².